The fraction of sp³-hybridized carbons (Fsp3) is 0.400. The maximum atomic E-state index is 12.4. The Balaban J connectivity index is 1.48. The largest absolute Gasteiger partial charge is 0.481 e. The highest BCUT2D eigenvalue weighted by molar-refractivity contribution is 6.31. The lowest BCUT2D eigenvalue weighted by Crippen LogP contribution is -2.48. The number of carbonyl (C=O) groups excluding carboxylic acids is 1. The predicted octanol–water partition coefficient (Wildman–Crippen LogP) is 3.60. The van der Waals surface area contributed by atoms with Gasteiger partial charge >= 0.3 is 0 Å². The SMILES string of the molecule is Cc1cc(OC(C)C(=O)NC2CCN(c3ccccn3)CC2)ccc1Cl. The van der Waals surface area contributed by atoms with E-state index in [4.69, 9.17) is 16.3 Å². The second kappa shape index (κ2) is 8.41. The number of halogens is 1. The molecular weight excluding hydrogens is 350 g/mol. The normalized spacial score (nSPS) is 16.2. The highest BCUT2D eigenvalue weighted by atomic mass is 35.5. The van der Waals surface area contributed by atoms with Gasteiger partial charge in [-0.2, -0.15) is 0 Å². The summed E-state index contributed by atoms with van der Waals surface area (Å²) in [5.74, 6) is 1.56. The van der Waals surface area contributed by atoms with E-state index < -0.39 is 6.10 Å². The summed E-state index contributed by atoms with van der Waals surface area (Å²) in [7, 11) is 0. The van der Waals surface area contributed by atoms with E-state index in [1.165, 1.54) is 0 Å². The zero-order valence-electron chi connectivity index (χ0n) is 15.1. The van der Waals surface area contributed by atoms with Crippen molar-refractivity contribution in [2.75, 3.05) is 18.0 Å². The van der Waals surface area contributed by atoms with Crippen molar-refractivity contribution in [2.45, 2.75) is 38.8 Å². The molecule has 1 fully saturated rings. The Hall–Kier alpha value is -2.27. The summed E-state index contributed by atoms with van der Waals surface area (Å²) < 4.78 is 5.75. The van der Waals surface area contributed by atoms with Gasteiger partial charge in [0, 0.05) is 30.4 Å². The standard InChI is InChI=1S/C20H24ClN3O2/c1-14-13-17(6-7-18(14)21)26-15(2)20(25)23-16-8-11-24(12-9-16)19-5-3-4-10-22-19/h3-7,10,13,15-16H,8-9,11-12H2,1-2H3,(H,23,25). The molecule has 1 aromatic heterocycles. The van der Waals surface area contributed by atoms with Gasteiger partial charge in [-0.1, -0.05) is 17.7 Å². The summed E-state index contributed by atoms with van der Waals surface area (Å²) in [6.07, 6.45) is 3.05. The molecule has 1 aliphatic rings. The van der Waals surface area contributed by atoms with Gasteiger partial charge in [0.05, 0.1) is 0 Å². The molecule has 0 aliphatic carbocycles. The molecule has 26 heavy (non-hydrogen) atoms. The zero-order chi connectivity index (χ0) is 18.5. The van der Waals surface area contributed by atoms with Crippen molar-refractivity contribution in [1.82, 2.24) is 10.3 Å². The summed E-state index contributed by atoms with van der Waals surface area (Å²) in [5, 5.41) is 3.79. The van der Waals surface area contributed by atoms with Crippen LogP contribution in [0.5, 0.6) is 5.75 Å². The topological polar surface area (TPSA) is 54.5 Å². The van der Waals surface area contributed by atoms with Crippen molar-refractivity contribution in [1.29, 1.82) is 0 Å². The number of piperidine rings is 1. The van der Waals surface area contributed by atoms with Gasteiger partial charge in [-0.3, -0.25) is 4.79 Å². The van der Waals surface area contributed by atoms with Crippen LogP contribution in [0, 0.1) is 6.92 Å². The number of anilines is 1. The lowest BCUT2D eigenvalue weighted by Gasteiger charge is -2.33. The molecule has 0 bridgehead atoms. The third kappa shape index (κ3) is 4.67. The summed E-state index contributed by atoms with van der Waals surface area (Å²) in [5.41, 5.74) is 0.929. The lowest BCUT2D eigenvalue weighted by molar-refractivity contribution is -0.128. The summed E-state index contributed by atoms with van der Waals surface area (Å²) in [6.45, 7) is 5.44. The number of ether oxygens (including phenoxy) is 1. The molecule has 1 amide bonds. The average molecular weight is 374 g/mol. The van der Waals surface area contributed by atoms with E-state index in [0.717, 1.165) is 37.3 Å². The molecular formula is C20H24ClN3O2. The summed E-state index contributed by atoms with van der Waals surface area (Å²) in [4.78, 5) is 19.1. The molecule has 1 unspecified atom stereocenters. The van der Waals surface area contributed by atoms with Gasteiger partial charge in [-0.05, 0) is 62.6 Å². The molecule has 1 aromatic carbocycles. The fourth-order valence-electron chi connectivity index (χ4n) is 3.06. The van der Waals surface area contributed by atoms with Gasteiger partial charge in [0.2, 0.25) is 0 Å². The number of nitrogens with zero attached hydrogens (tertiary/aromatic N) is 2. The molecule has 6 heteroatoms. The number of carbonyl (C=O) groups is 1. The number of amides is 1. The maximum absolute atomic E-state index is 12.4. The van der Waals surface area contributed by atoms with Gasteiger partial charge in [-0.25, -0.2) is 4.98 Å². The Bertz CT molecular complexity index is 746. The van der Waals surface area contributed by atoms with Crippen LogP contribution >= 0.6 is 11.6 Å². The van der Waals surface area contributed by atoms with E-state index in [0.29, 0.717) is 10.8 Å². The molecule has 1 N–H and O–H groups in total. The summed E-state index contributed by atoms with van der Waals surface area (Å²) in [6, 6.07) is 11.5. The van der Waals surface area contributed by atoms with Crippen LogP contribution in [0.4, 0.5) is 5.82 Å². The number of aromatic nitrogens is 1. The average Bonchev–Trinajstić information content (AvgIpc) is 2.66. The van der Waals surface area contributed by atoms with E-state index in [1.807, 2.05) is 31.2 Å². The number of hydrogen-bond donors (Lipinski definition) is 1. The van der Waals surface area contributed by atoms with Crippen LogP contribution < -0.4 is 15.0 Å². The Morgan fingerprint density at radius 3 is 2.73 bits per heavy atom. The van der Waals surface area contributed by atoms with Crippen LogP contribution in [0.3, 0.4) is 0 Å². The number of rotatable bonds is 5. The molecule has 0 spiro atoms. The number of pyridine rings is 1. The number of hydrogen-bond acceptors (Lipinski definition) is 4. The summed E-state index contributed by atoms with van der Waals surface area (Å²) >= 11 is 6.02. The number of aryl methyl sites for hydroxylation is 1. The first-order chi connectivity index (χ1) is 12.5. The minimum absolute atomic E-state index is 0.0890. The van der Waals surface area contributed by atoms with Crippen molar-refractivity contribution in [3.63, 3.8) is 0 Å². The molecule has 1 atom stereocenters. The molecule has 0 saturated carbocycles. The highest BCUT2D eigenvalue weighted by Gasteiger charge is 2.24. The van der Waals surface area contributed by atoms with Crippen molar-refractivity contribution in [2.24, 2.45) is 0 Å². The molecule has 0 radical (unpaired) electrons. The van der Waals surface area contributed by atoms with Crippen LogP contribution in [-0.2, 0) is 4.79 Å². The van der Waals surface area contributed by atoms with Crippen molar-refractivity contribution in [3.8, 4) is 5.75 Å². The Morgan fingerprint density at radius 2 is 2.08 bits per heavy atom. The molecule has 1 aliphatic heterocycles. The first kappa shape index (κ1) is 18.5. The molecule has 1 saturated heterocycles. The quantitative estimate of drug-likeness (QED) is 0.870. The van der Waals surface area contributed by atoms with Gasteiger partial charge in [-0.15, -0.1) is 0 Å². The Morgan fingerprint density at radius 1 is 1.31 bits per heavy atom. The van der Waals surface area contributed by atoms with Crippen LogP contribution in [0.2, 0.25) is 5.02 Å². The van der Waals surface area contributed by atoms with Crippen molar-refractivity contribution in [3.05, 3.63) is 53.2 Å². The van der Waals surface area contributed by atoms with E-state index in [9.17, 15) is 4.79 Å². The first-order valence-electron chi connectivity index (χ1n) is 8.92. The number of benzene rings is 1. The van der Waals surface area contributed by atoms with E-state index >= 15 is 0 Å². The highest BCUT2D eigenvalue weighted by Crippen LogP contribution is 2.22. The maximum Gasteiger partial charge on any atom is 0.260 e. The molecule has 5 nitrogen and oxygen atoms in total. The van der Waals surface area contributed by atoms with Gasteiger partial charge < -0.3 is 15.0 Å². The minimum atomic E-state index is -0.551. The molecule has 2 heterocycles. The molecule has 138 valence electrons. The van der Waals surface area contributed by atoms with E-state index in [1.54, 1.807) is 25.3 Å². The van der Waals surface area contributed by atoms with Crippen molar-refractivity contribution < 1.29 is 9.53 Å². The third-order valence-corrected chi connectivity index (χ3v) is 5.05. The smallest absolute Gasteiger partial charge is 0.260 e. The molecule has 2 aromatic rings. The lowest BCUT2D eigenvalue weighted by atomic mass is 10.0. The van der Waals surface area contributed by atoms with Crippen LogP contribution in [0.1, 0.15) is 25.3 Å². The van der Waals surface area contributed by atoms with Gasteiger partial charge in [0.25, 0.3) is 5.91 Å². The van der Waals surface area contributed by atoms with Crippen molar-refractivity contribution >= 4 is 23.3 Å². The second-order valence-electron chi connectivity index (χ2n) is 6.63. The molecule has 3 rings (SSSR count). The Labute approximate surface area is 159 Å². The first-order valence-corrected chi connectivity index (χ1v) is 9.30. The monoisotopic (exact) mass is 373 g/mol. The van der Waals surface area contributed by atoms with E-state index in [2.05, 4.69) is 15.2 Å². The fourth-order valence-corrected chi connectivity index (χ4v) is 3.18. The Kier molecular flexibility index (Phi) is 5.99. The minimum Gasteiger partial charge on any atom is -0.481 e. The number of nitrogens with one attached hydrogen (secondary N) is 1. The third-order valence-electron chi connectivity index (χ3n) is 4.63. The van der Waals surface area contributed by atoms with Crippen LogP contribution in [0.15, 0.2) is 42.6 Å². The van der Waals surface area contributed by atoms with Crippen LogP contribution in [0.25, 0.3) is 0 Å². The van der Waals surface area contributed by atoms with E-state index in [-0.39, 0.29) is 11.9 Å². The predicted molar refractivity (Wildman–Crippen MR) is 104 cm³/mol. The van der Waals surface area contributed by atoms with Crippen LogP contribution in [-0.4, -0.2) is 36.1 Å². The zero-order valence-corrected chi connectivity index (χ0v) is 15.9. The van der Waals surface area contributed by atoms with Gasteiger partial charge in [0.1, 0.15) is 11.6 Å². The van der Waals surface area contributed by atoms with Gasteiger partial charge in [0.15, 0.2) is 6.10 Å². The second-order valence-corrected chi connectivity index (χ2v) is 7.04.